The van der Waals surface area contributed by atoms with Gasteiger partial charge in [0.2, 0.25) is 0 Å². The number of nitro benzene ring substituents is 1. The minimum Gasteiger partial charge on any atom is -0.494 e. The van der Waals surface area contributed by atoms with Gasteiger partial charge >= 0.3 is 0 Å². The summed E-state index contributed by atoms with van der Waals surface area (Å²) in [6, 6.07) is 9.88. The van der Waals surface area contributed by atoms with Crippen LogP contribution in [0.2, 0.25) is 0 Å². The van der Waals surface area contributed by atoms with Gasteiger partial charge < -0.3 is 10.1 Å². The molecular weight excluding hydrogens is 277 g/mol. The molecule has 0 saturated carbocycles. The van der Waals surface area contributed by atoms with Crippen LogP contribution in [0.15, 0.2) is 36.4 Å². The van der Waals surface area contributed by atoms with E-state index in [0.29, 0.717) is 11.4 Å². The first-order valence-electron chi connectivity index (χ1n) is 5.84. The van der Waals surface area contributed by atoms with Crippen LogP contribution in [0.1, 0.15) is 5.56 Å². The van der Waals surface area contributed by atoms with Crippen molar-refractivity contribution in [1.29, 1.82) is 5.26 Å². The summed E-state index contributed by atoms with van der Waals surface area (Å²) in [7, 11) is 1.34. The summed E-state index contributed by atoms with van der Waals surface area (Å²) in [5.41, 5.74) is 0.830. The van der Waals surface area contributed by atoms with E-state index in [1.54, 1.807) is 0 Å². The van der Waals surface area contributed by atoms with Crippen LogP contribution in [0.25, 0.3) is 0 Å². The van der Waals surface area contributed by atoms with E-state index in [0.717, 1.165) is 0 Å². The predicted octanol–water partition coefficient (Wildman–Crippen LogP) is 3.36. The summed E-state index contributed by atoms with van der Waals surface area (Å²) in [5.74, 6) is -0.451. The van der Waals surface area contributed by atoms with Crippen molar-refractivity contribution >= 4 is 17.1 Å². The SMILES string of the molecule is COc1cc(Nc2ccc([N+](=O)[O-])cc2C#N)ccc1F. The lowest BCUT2D eigenvalue weighted by Gasteiger charge is -2.10. The summed E-state index contributed by atoms with van der Waals surface area (Å²) >= 11 is 0. The molecule has 2 aromatic carbocycles. The van der Waals surface area contributed by atoms with Gasteiger partial charge in [0.1, 0.15) is 6.07 Å². The normalized spacial score (nSPS) is 9.76. The second-order valence-electron chi connectivity index (χ2n) is 4.07. The number of rotatable bonds is 4. The quantitative estimate of drug-likeness (QED) is 0.688. The Labute approximate surface area is 119 Å². The molecule has 0 aliphatic carbocycles. The Balaban J connectivity index is 2.36. The van der Waals surface area contributed by atoms with Gasteiger partial charge in [-0.3, -0.25) is 10.1 Å². The van der Waals surface area contributed by atoms with Crippen LogP contribution in [0.3, 0.4) is 0 Å². The summed E-state index contributed by atoms with van der Waals surface area (Å²) in [4.78, 5) is 10.1. The van der Waals surface area contributed by atoms with Crippen molar-refractivity contribution in [1.82, 2.24) is 0 Å². The van der Waals surface area contributed by atoms with Gasteiger partial charge in [-0.25, -0.2) is 4.39 Å². The van der Waals surface area contributed by atoms with Crippen LogP contribution in [0.5, 0.6) is 5.75 Å². The van der Waals surface area contributed by atoms with Crippen molar-refractivity contribution in [2.75, 3.05) is 12.4 Å². The van der Waals surface area contributed by atoms with Crippen LogP contribution in [-0.4, -0.2) is 12.0 Å². The number of nitrogens with one attached hydrogen (secondary N) is 1. The van der Waals surface area contributed by atoms with Crippen molar-refractivity contribution in [3.63, 3.8) is 0 Å². The highest BCUT2D eigenvalue weighted by atomic mass is 19.1. The number of hydrogen-bond donors (Lipinski definition) is 1. The maximum absolute atomic E-state index is 13.3. The third-order valence-electron chi connectivity index (χ3n) is 2.76. The summed E-state index contributed by atoms with van der Waals surface area (Å²) in [5, 5.41) is 22.6. The molecule has 0 amide bonds. The summed E-state index contributed by atoms with van der Waals surface area (Å²) in [6.07, 6.45) is 0. The number of hydrogen-bond acceptors (Lipinski definition) is 5. The number of halogens is 1. The number of ether oxygens (including phenoxy) is 1. The third-order valence-corrected chi connectivity index (χ3v) is 2.76. The third kappa shape index (κ3) is 3.06. The minimum absolute atomic E-state index is 0.0559. The van der Waals surface area contributed by atoms with Crippen LogP contribution in [0.4, 0.5) is 21.5 Å². The first-order chi connectivity index (χ1) is 10.0. The Bertz CT molecular complexity index is 741. The van der Waals surface area contributed by atoms with E-state index in [-0.39, 0.29) is 17.0 Å². The zero-order valence-corrected chi connectivity index (χ0v) is 11.0. The van der Waals surface area contributed by atoms with E-state index in [1.165, 1.54) is 43.5 Å². The molecule has 21 heavy (non-hydrogen) atoms. The highest BCUT2D eigenvalue weighted by molar-refractivity contribution is 5.69. The van der Waals surface area contributed by atoms with Gasteiger partial charge in [0.25, 0.3) is 5.69 Å². The molecule has 0 unspecified atom stereocenters. The van der Waals surface area contributed by atoms with Gasteiger partial charge in [0, 0.05) is 23.9 Å². The maximum Gasteiger partial charge on any atom is 0.270 e. The van der Waals surface area contributed by atoms with Crippen molar-refractivity contribution < 1.29 is 14.1 Å². The fourth-order valence-corrected chi connectivity index (χ4v) is 1.74. The summed E-state index contributed by atoms with van der Waals surface area (Å²) in [6.45, 7) is 0. The number of anilines is 2. The molecular formula is C14H10FN3O3. The van der Waals surface area contributed by atoms with Gasteiger partial charge in [-0.2, -0.15) is 5.26 Å². The zero-order valence-electron chi connectivity index (χ0n) is 11.0. The van der Waals surface area contributed by atoms with Gasteiger partial charge in [0.05, 0.1) is 23.3 Å². The number of methoxy groups -OCH3 is 1. The molecule has 0 atom stereocenters. The van der Waals surface area contributed by atoms with Crippen LogP contribution < -0.4 is 10.1 Å². The van der Waals surface area contributed by atoms with Crippen molar-refractivity contribution in [3.8, 4) is 11.8 Å². The van der Waals surface area contributed by atoms with Gasteiger partial charge in [0.15, 0.2) is 11.6 Å². The largest absolute Gasteiger partial charge is 0.494 e. The monoisotopic (exact) mass is 287 g/mol. The van der Waals surface area contributed by atoms with Gasteiger partial charge in [-0.15, -0.1) is 0 Å². The van der Waals surface area contributed by atoms with Crippen LogP contribution in [0, 0.1) is 27.3 Å². The molecule has 2 rings (SSSR count). The Morgan fingerprint density at radius 1 is 1.33 bits per heavy atom. The molecule has 0 aliphatic heterocycles. The summed E-state index contributed by atoms with van der Waals surface area (Å²) < 4.78 is 18.2. The van der Waals surface area contributed by atoms with E-state index in [9.17, 15) is 14.5 Å². The van der Waals surface area contributed by atoms with E-state index in [1.807, 2.05) is 6.07 Å². The lowest BCUT2D eigenvalue weighted by Crippen LogP contribution is -1.97. The lowest BCUT2D eigenvalue weighted by molar-refractivity contribution is -0.384. The molecule has 0 aromatic heterocycles. The van der Waals surface area contributed by atoms with E-state index in [2.05, 4.69) is 5.32 Å². The molecule has 106 valence electrons. The van der Waals surface area contributed by atoms with E-state index in [4.69, 9.17) is 10.00 Å². The average Bonchev–Trinajstić information content (AvgIpc) is 2.49. The number of non-ortho nitro benzene ring substituents is 1. The Morgan fingerprint density at radius 3 is 2.71 bits per heavy atom. The first-order valence-corrected chi connectivity index (χ1v) is 5.84. The number of nitro groups is 1. The van der Waals surface area contributed by atoms with Crippen molar-refractivity contribution in [2.45, 2.75) is 0 Å². The van der Waals surface area contributed by atoms with Crippen molar-refractivity contribution in [3.05, 3.63) is 57.9 Å². The Kier molecular flexibility index (Phi) is 4.00. The van der Waals surface area contributed by atoms with Crippen molar-refractivity contribution in [2.24, 2.45) is 0 Å². The highest BCUT2D eigenvalue weighted by Gasteiger charge is 2.11. The second kappa shape index (κ2) is 5.88. The van der Waals surface area contributed by atoms with Crippen LogP contribution in [-0.2, 0) is 0 Å². The lowest BCUT2D eigenvalue weighted by atomic mass is 10.1. The van der Waals surface area contributed by atoms with E-state index >= 15 is 0 Å². The maximum atomic E-state index is 13.3. The first kappa shape index (κ1) is 14.3. The fraction of sp³-hybridized carbons (Fsp3) is 0.0714. The smallest absolute Gasteiger partial charge is 0.270 e. The number of nitrogens with zero attached hydrogens (tertiary/aromatic N) is 2. The minimum atomic E-state index is -0.578. The molecule has 0 aliphatic rings. The molecule has 2 aromatic rings. The molecule has 6 nitrogen and oxygen atoms in total. The topological polar surface area (TPSA) is 88.2 Å². The average molecular weight is 287 g/mol. The van der Waals surface area contributed by atoms with Gasteiger partial charge in [-0.05, 0) is 18.2 Å². The zero-order chi connectivity index (χ0) is 15.4. The Morgan fingerprint density at radius 2 is 2.10 bits per heavy atom. The number of nitriles is 1. The molecule has 0 spiro atoms. The molecule has 7 heteroatoms. The predicted molar refractivity (Wildman–Crippen MR) is 74.0 cm³/mol. The molecule has 0 saturated heterocycles. The highest BCUT2D eigenvalue weighted by Crippen LogP contribution is 2.27. The second-order valence-corrected chi connectivity index (χ2v) is 4.07. The fourth-order valence-electron chi connectivity index (χ4n) is 1.74. The standard InChI is InChI=1S/C14H10FN3O3/c1-21-14-7-10(2-4-12(14)15)17-13-5-3-11(18(19)20)6-9(13)8-16/h2-7,17H,1H3. The van der Waals surface area contributed by atoms with E-state index < -0.39 is 10.7 Å². The molecule has 0 fully saturated rings. The molecule has 0 radical (unpaired) electrons. The number of benzene rings is 2. The Hall–Kier alpha value is -3.14. The molecule has 1 N–H and O–H groups in total. The molecule has 0 heterocycles. The van der Waals surface area contributed by atoms with Crippen LogP contribution >= 0.6 is 0 Å². The molecule has 0 bridgehead atoms. The van der Waals surface area contributed by atoms with Gasteiger partial charge in [-0.1, -0.05) is 0 Å².